The fourth-order valence-electron chi connectivity index (χ4n) is 2.38. The standard InChI is InChI=1S/C14H22N2O3S/c1-14(5-2-3-7-19-14)10-15-6-4-12-16-11(9-20-12)8-13(17)18/h9,15H,2-8,10H2,1H3,(H,17,18). The van der Waals surface area contributed by atoms with Crippen LogP contribution in [0.1, 0.15) is 36.9 Å². The number of carboxylic acids is 1. The number of nitrogens with one attached hydrogen (secondary N) is 1. The van der Waals surface area contributed by atoms with Gasteiger partial charge < -0.3 is 15.2 Å². The minimum atomic E-state index is -0.831. The maximum absolute atomic E-state index is 10.6. The van der Waals surface area contributed by atoms with E-state index >= 15 is 0 Å². The topological polar surface area (TPSA) is 71.5 Å². The molecule has 1 aromatic rings. The number of carbonyl (C=O) groups is 1. The van der Waals surface area contributed by atoms with Crippen LogP contribution in [0.15, 0.2) is 5.38 Å². The molecule has 0 radical (unpaired) electrons. The van der Waals surface area contributed by atoms with Crippen LogP contribution in [0.3, 0.4) is 0 Å². The Labute approximate surface area is 123 Å². The Morgan fingerprint density at radius 1 is 1.60 bits per heavy atom. The van der Waals surface area contributed by atoms with Gasteiger partial charge in [-0.3, -0.25) is 4.79 Å². The molecule has 2 N–H and O–H groups in total. The number of hydrogen-bond acceptors (Lipinski definition) is 5. The average molecular weight is 298 g/mol. The SMILES string of the molecule is CC1(CNCCc2nc(CC(=O)O)cs2)CCCCO1. The van der Waals surface area contributed by atoms with Crippen LogP contribution in [0.5, 0.6) is 0 Å². The summed E-state index contributed by atoms with van der Waals surface area (Å²) < 4.78 is 5.82. The van der Waals surface area contributed by atoms with Crippen molar-refractivity contribution < 1.29 is 14.6 Å². The van der Waals surface area contributed by atoms with Gasteiger partial charge in [-0.2, -0.15) is 0 Å². The van der Waals surface area contributed by atoms with E-state index in [0.29, 0.717) is 5.69 Å². The molecule has 1 unspecified atom stereocenters. The number of aliphatic carboxylic acids is 1. The van der Waals surface area contributed by atoms with Crippen LogP contribution in [-0.4, -0.2) is 41.4 Å². The van der Waals surface area contributed by atoms with E-state index in [1.54, 1.807) is 0 Å². The van der Waals surface area contributed by atoms with E-state index < -0.39 is 5.97 Å². The summed E-state index contributed by atoms with van der Waals surface area (Å²) in [5.41, 5.74) is 0.621. The average Bonchev–Trinajstić information content (AvgIpc) is 2.82. The number of hydrogen-bond donors (Lipinski definition) is 2. The number of aromatic nitrogens is 1. The van der Waals surface area contributed by atoms with Crippen molar-refractivity contribution in [2.45, 2.75) is 44.6 Å². The molecule has 0 spiro atoms. The predicted octanol–water partition coefficient (Wildman–Crippen LogP) is 1.86. The van der Waals surface area contributed by atoms with Crippen LogP contribution >= 0.6 is 11.3 Å². The maximum Gasteiger partial charge on any atom is 0.309 e. The molecule has 1 atom stereocenters. The van der Waals surface area contributed by atoms with Crippen LogP contribution in [0.25, 0.3) is 0 Å². The van der Waals surface area contributed by atoms with Gasteiger partial charge >= 0.3 is 5.97 Å². The summed E-state index contributed by atoms with van der Waals surface area (Å²) >= 11 is 1.53. The van der Waals surface area contributed by atoms with Crippen molar-refractivity contribution in [3.05, 3.63) is 16.1 Å². The van der Waals surface area contributed by atoms with Crippen molar-refractivity contribution >= 4 is 17.3 Å². The first-order chi connectivity index (χ1) is 9.57. The first-order valence-corrected chi connectivity index (χ1v) is 7.95. The molecule has 0 aliphatic carbocycles. The largest absolute Gasteiger partial charge is 0.481 e. The van der Waals surface area contributed by atoms with Crippen molar-refractivity contribution in [2.24, 2.45) is 0 Å². The zero-order valence-electron chi connectivity index (χ0n) is 11.9. The first kappa shape index (κ1) is 15.4. The van der Waals surface area contributed by atoms with Gasteiger partial charge in [-0.1, -0.05) is 0 Å². The summed E-state index contributed by atoms with van der Waals surface area (Å²) in [4.78, 5) is 14.9. The Kier molecular flexibility index (Phi) is 5.51. The fourth-order valence-corrected chi connectivity index (χ4v) is 3.18. The van der Waals surface area contributed by atoms with Gasteiger partial charge in [0.2, 0.25) is 0 Å². The molecule has 1 fully saturated rings. The molecule has 112 valence electrons. The fraction of sp³-hybridized carbons (Fsp3) is 0.714. The normalized spacial score (nSPS) is 22.9. The number of thiazole rings is 1. The molecule has 1 aliphatic rings. The third-order valence-corrected chi connectivity index (χ3v) is 4.45. The Morgan fingerprint density at radius 2 is 2.45 bits per heavy atom. The lowest BCUT2D eigenvalue weighted by atomic mass is 9.96. The second kappa shape index (κ2) is 7.15. The number of carboxylic acid groups (broad SMARTS) is 1. The van der Waals surface area contributed by atoms with E-state index in [4.69, 9.17) is 9.84 Å². The Bertz CT molecular complexity index is 441. The lowest BCUT2D eigenvalue weighted by molar-refractivity contribution is -0.136. The number of nitrogens with zero attached hydrogens (tertiary/aromatic N) is 1. The Morgan fingerprint density at radius 3 is 3.15 bits per heavy atom. The second-order valence-corrected chi connectivity index (χ2v) is 6.43. The van der Waals surface area contributed by atoms with E-state index in [1.165, 1.54) is 24.2 Å². The van der Waals surface area contributed by atoms with E-state index in [1.807, 2.05) is 5.38 Å². The van der Waals surface area contributed by atoms with Crippen LogP contribution in [0.2, 0.25) is 0 Å². The molecule has 2 rings (SSSR count). The molecule has 6 heteroatoms. The highest BCUT2D eigenvalue weighted by Gasteiger charge is 2.26. The van der Waals surface area contributed by atoms with E-state index in [9.17, 15) is 4.79 Å². The molecule has 20 heavy (non-hydrogen) atoms. The summed E-state index contributed by atoms with van der Waals surface area (Å²) in [5.74, 6) is -0.831. The summed E-state index contributed by atoms with van der Waals surface area (Å²) in [6.07, 6.45) is 4.36. The molecule has 5 nitrogen and oxygen atoms in total. The van der Waals surface area contributed by atoms with E-state index in [-0.39, 0.29) is 12.0 Å². The summed E-state index contributed by atoms with van der Waals surface area (Å²) in [7, 11) is 0. The highest BCUT2D eigenvalue weighted by molar-refractivity contribution is 7.09. The Balaban J connectivity index is 1.67. The highest BCUT2D eigenvalue weighted by Crippen LogP contribution is 2.23. The van der Waals surface area contributed by atoms with Crippen molar-refractivity contribution in [2.75, 3.05) is 19.7 Å². The molecule has 1 aliphatic heterocycles. The molecule has 0 saturated carbocycles. The lowest BCUT2D eigenvalue weighted by Gasteiger charge is -2.34. The van der Waals surface area contributed by atoms with Gasteiger partial charge in [0.05, 0.1) is 22.7 Å². The quantitative estimate of drug-likeness (QED) is 0.752. The molecular weight excluding hydrogens is 276 g/mol. The number of ether oxygens (including phenoxy) is 1. The van der Waals surface area contributed by atoms with Crippen LogP contribution in [0, 0.1) is 0 Å². The van der Waals surface area contributed by atoms with Gasteiger partial charge in [0, 0.05) is 31.5 Å². The van der Waals surface area contributed by atoms with Crippen LogP contribution < -0.4 is 5.32 Å². The summed E-state index contributed by atoms with van der Waals surface area (Å²) in [6.45, 7) is 4.73. The van der Waals surface area contributed by atoms with Gasteiger partial charge in [-0.25, -0.2) is 4.98 Å². The second-order valence-electron chi connectivity index (χ2n) is 5.49. The van der Waals surface area contributed by atoms with Crippen LogP contribution in [0.4, 0.5) is 0 Å². The van der Waals surface area contributed by atoms with Crippen molar-refractivity contribution in [1.82, 2.24) is 10.3 Å². The van der Waals surface area contributed by atoms with Crippen molar-refractivity contribution in [1.29, 1.82) is 0 Å². The minimum Gasteiger partial charge on any atom is -0.481 e. The maximum atomic E-state index is 10.6. The van der Waals surface area contributed by atoms with Crippen molar-refractivity contribution in [3.63, 3.8) is 0 Å². The van der Waals surface area contributed by atoms with Gasteiger partial charge in [0.15, 0.2) is 0 Å². The molecule has 1 saturated heterocycles. The van der Waals surface area contributed by atoms with Gasteiger partial charge in [-0.15, -0.1) is 11.3 Å². The van der Waals surface area contributed by atoms with E-state index in [0.717, 1.165) is 37.5 Å². The third kappa shape index (κ3) is 4.85. The predicted molar refractivity (Wildman–Crippen MR) is 78.2 cm³/mol. The molecule has 0 amide bonds. The molecular formula is C14H22N2O3S. The number of rotatable bonds is 7. The monoisotopic (exact) mass is 298 g/mol. The van der Waals surface area contributed by atoms with E-state index in [2.05, 4.69) is 17.2 Å². The summed E-state index contributed by atoms with van der Waals surface area (Å²) in [5, 5.41) is 14.9. The van der Waals surface area contributed by atoms with Gasteiger partial charge in [0.1, 0.15) is 0 Å². The Hall–Kier alpha value is -0.980. The third-order valence-electron chi connectivity index (χ3n) is 3.50. The molecule has 1 aromatic heterocycles. The minimum absolute atomic E-state index is 0.00976. The van der Waals surface area contributed by atoms with Crippen LogP contribution in [-0.2, 0) is 22.4 Å². The van der Waals surface area contributed by atoms with Crippen molar-refractivity contribution in [3.8, 4) is 0 Å². The lowest BCUT2D eigenvalue weighted by Crippen LogP contribution is -2.43. The zero-order valence-corrected chi connectivity index (χ0v) is 12.7. The smallest absolute Gasteiger partial charge is 0.309 e. The molecule has 2 heterocycles. The zero-order chi connectivity index (χ0) is 14.4. The first-order valence-electron chi connectivity index (χ1n) is 7.07. The summed E-state index contributed by atoms with van der Waals surface area (Å²) in [6, 6.07) is 0. The van der Waals surface area contributed by atoms with Gasteiger partial charge in [-0.05, 0) is 26.2 Å². The van der Waals surface area contributed by atoms with Gasteiger partial charge in [0.25, 0.3) is 0 Å². The molecule has 0 aromatic carbocycles. The highest BCUT2D eigenvalue weighted by atomic mass is 32.1. The molecule has 0 bridgehead atoms.